The highest BCUT2D eigenvalue weighted by Gasteiger charge is 2.41. The van der Waals surface area contributed by atoms with Gasteiger partial charge in [-0.2, -0.15) is 0 Å². The highest BCUT2D eigenvalue weighted by Crippen LogP contribution is 2.42. The fraction of sp³-hybridized carbons (Fsp3) is 0.298. The van der Waals surface area contributed by atoms with Gasteiger partial charge in [0.05, 0.1) is 37.9 Å². The maximum Gasteiger partial charge on any atom is 0.408 e. The van der Waals surface area contributed by atoms with Crippen molar-refractivity contribution in [2.75, 3.05) is 20.1 Å². The fourth-order valence-corrected chi connectivity index (χ4v) is 7.61. The average Bonchev–Trinajstić information content (AvgIpc) is 3.51. The number of ether oxygens (including phenoxy) is 3. The zero-order valence-corrected chi connectivity index (χ0v) is 33.0. The molecule has 12 heteroatoms. The standard InChI is InChI=1S/C47H49N3O9/c1-30-42(27-49(2)26-41(53)37-14-8-16-39(52)23-37)58-46(59-44(30)34-19-17-31(28-51)18-20-34)38-15-7-13-36(22-38)35-12-6-11-33(21-35)25-50-43(54)24-40(45(50)55)48-47(56)57-29-32-9-4-3-5-10-32/h3-23,30,40-42,44,46,51-53H,24-29H2,1-2H3,(H,48,56)/t30-,40?,41+,42+,44+,46+/m0/s1. The van der Waals surface area contributed by atoms with Gasteiger partial charge < -0.3 is 39.7 Å². The van der Waals surface area contributed by atoms with Gasteiger partial charge in [-0.1, -0.05) is 110 Å². The number of hydrogen-bond donors (Lipinski definition) is 4. The van der Waals surface area contributed by atoms with Gasteiger partial charge in [-0.05, 0) is 70.3 Å². The minimum absolute atomic E-state index is 0.0429. The molecule has 0 spiro atoms. The number of imide groups is 1. The van der Waals surface area contributed by atoms with Crippen LogP contribution in [-0.4, -0.2) is 75.3 Å². The molecular formula is C47H49N3O9. The number of nitrogens with zero attached hydrogens (tertiary/aromatic N) is 2. The lowest BCUT2D eigenvalue weighted by Crippen LogP contribution is -2.44. The van der Waals surface area contributed by atoms with Crippen molar-refractivity contribution >= 4 is 17.9 Å². The maximum absolute atomic E-state index is 13.3. The number of carbonyl (C=O) groups excluding carboxylic acids is 3. The normalized spacial score (nSPS) is 21.1. The van der Waals surface area contributed by atoms with E-state index in [4.69, 9.17) is 14.2 Å². The van der Waals surface area contributed by atoms with Crippen LogP contribution in [-0.2, 0) is 43.6 Å². The second-order valence-corrected chi connectivity index (χ2v) is 15.3. The van der Waals surface area contributed by atoms with Crippen LogP contribution < -0.4 is 5.32 Å². The van der Waals surface area contributed by atoms with E-state index in [2.05, 4.69) is 12.2 Å². The van der Waals surface area contributed by atoms with Gasteiger partial charge in [0.1, 0.15) is 18.4 Å². The summed E-state index contributed by atoms with van der Waals surface area (Å²) in [6.45, 7) is 2.91. The highest BCUT2D eigenvalue weighted by molar-refractivity contribution is 6.06. The molecule has 2 heterocycles. The number of nitrogens with one attached hydrogen (secondary N) is 1. The highest BCUT2D eigenvalue weighted by atomic mass is 16.7. The Balaban J connectivity index is 1.05. The predicted molar refractivity (Wildman–Crippen MR) is 219 cm³/mol. The summed E-state index contributed by atoms with van der Waals surface area (Å²) < 4.78 is 18.7. The molecular weight excluding hydrogens is 751 g/mol. The van der Waals surface area contributed by atoms with E-state index in [1.54, 1.807) is 24.3 Å². The van der Waals surface area contributed by atoms with Crippen molar-refractivity contribution in [1.29, 1.82) is 0 Å². The molecule has 306 valence electrons. The molecule has 2 saturated heterocycles. The Kier molecular flexibility index (Phi) is 13.1. The molecule has 5 aromatic rings. The van der Waals surface area contributed by atoms with E-state index in [9.17, 15) is 29.7 Å². The number of carbonyl (C=O) groups is 3. The molecule has 2 aliphatic heterocycles. The predicted octanol–water partition coefficient (Wildman–Crippen LogP) is 6.56. The summed E-state index contributed by atoms with van der Waals surface area (Å²) >= 11 is 0. The monoisotopic (exact) mass is 799 g/mol. The number of likely N-dealkylation sites (N-methyl/N-ethyl adjacent to an activating group) is 1. The van der Waals surface area contributed by atoms with Crippen molar-refractivity contribution in [1.82, 2.24) is 15.1 Å². The van der Waals surface area contributed by atoms with Crippen molar-refractivity contribution in [2.24, 2.45) is 5.92 Å². The molecule has 0 bridgehead atoms. The van der Waals surface area contributed by atoms with Crippen molar-refractivity contribution in [3.63, 3.8) is 0 Å². The lowest BCUT2D eigenvalue weighted by Gasteiger charge is -2.42. The lowest BCUT2D eigenvalue weighted by atomic mass is 9.89. The number of aromatic hydroxyl groups is 1. The smallest absolute Gasteiger partial charge is 0.408 e. The lowest BCUT2D eigenvalue weighted by molar-refractivity contribution is -0.276. The number of alkyl carbamates (subject to hydrolysis) is 1. The van der Waals surface area contributed by atoms with Gasteiger partial charge in [0, 0.05) is 24.6 Å². The van der Waals surface area contributed by atoms with Crippen LogP contribution in [0.3, 0.4) is 0 Å². The van der Waals surface area contributed by atoms with Crippen molar-refractivity contribution in [3.8, 4) is 16.9 Å². The van der Waals surface area contributed by atoms with E-state index in [0.717, 1.165) is 43.8 Å². The third-order valence-electron chi connectivity index (χ3n) is 10.9. The van der Waals surface area contributed by atoms with Gasteiger partial charge in [0.2, 0.25) is 5.91 Å². The van der Waals surface area contributed by atoms with Crippen molar-refractivity contribution in [3.05, 3.63) is 161 Å². The third-order valence-corrected chi connectivity index (χ3v) is 10.9. The van der Waals surface area contributed by atoms with Crippen LogP contribution in [0.2, 0.25) is 0 Å². The van der Waals surface area contributed by atoms with Gasteiger partial charge >= 0.3 is 6.09 Å². The molecule has 0 aliphatic carbocycles. The Morgan fingerprint density at radius 1 is 0.847 bits per heavy atom. The van der Waals surface area contributed by atoms with Crippen LogP contribution in [0.4, 0.5) is 4.79 Å². The summed E-state index contributed by atoms with van der Waals surface area (Å²) in [6.07, 6.45) is -3.12. The Morgan fingerprint density at radius 3 is 2.31 bits per heavy atom. The zero-order valence-electron chi connectivity index (χ0n) is 33.0. The molecule has 0 radical (unpaired) electrons. The quantitative estimate of drug-likeness (QED) is 0.0907. The Morgan fingerprint density at radius 2 is 1.56 bits per heavy atom. The first-order valence-corrected chi connectivity index (χ1v) is 19.7. The SMILES string of the molecule is C[C@H]1[C@@H](CN(C)C[C@@H](O)c2cccc(O)c2)O[C@@H](c2cccc(-c3cccc(CN4C(=O)CC(NC(=O)OCc5ccccc5)C4=O)c3)c2)O[C@H]1c1ccc(CO)cc1. The topological polar surface area (TPSA) is 158 Å². The molecule has 7 rings (SSSR count). The Hall–Kier alpha value is -5.89. The summed E-state index contributed by atoms with van der Waals surface area (Å²) in [4.78, 5) is 41.9. The average molecular weight is 800 g/mol. The van der Waals surface area contributed by atoms with E-state index in [-0.39, 0.29) is 56.0 Å². The molecule has 3 amide bonds. The van der Waals surface area contributed by atoms with Crippen molar-refractivity contribution < 1.29 is 43.9 Å². The summed E-state index contributed by atoms with van der Waals surface area (Å²) in [5.74, 6) is -0.867. The van der Waals surface area contributed by atoms with Gasteiger partial charge in [-0.3, -0.25) is 14.5 Å². The summed E-state index contributed by atoms with van der Waals surface area (Å²) in [7, 11) is 1.92. The van der Waals surface area contributed by atoms with Crippen LogP contribution in [0, 0.1) is 5.92 Å². The van der Waals surface area contributed by atoms with Gasteiger partial charge in [0.25, 0.3) is 5.91 Å². The molecule has 1 unspecified atom stereocenters. The number of phenolic OH excluding ortho intramolecular Hbond substituents is 1. The maximum atomic E-state index is 13.3. The second-order valence-electron chi connectivity index (χ2n) is 15.3. The van der Waals surface area contributed by atoms with Gasteiger partial charge in [0.15, 0.2) is 6.29 Å². The summed E-state index contributed by atoms with van der Waals surface area (Å²) in [5.41, 5.74) is 6.44. The Labute approximate surface area is 343 Å². The van der Waals surface area contributed by atoms with Crippen LogP contribution >= 0.6 is 0 Å². The van der Waals surface area contributed by atoms with Crippen LogP contribution in [0.15, 0.2) is 127 Å². The van der Waals surface area contributed by atoms with Crippen LogP contribution in [0.25, 0.3) is 11.1 Å². The van der Waals surface area contributed by atoms with E-state index < -0.39 is 30.4 Å². The number of hydrogen-bond acceptors (Lipinski definition) is 10. The van der Waals surface area contributed by atoms with Crippen LogP contribution in [0.5, 0.6) is 5.75 Å². The second kappa shape index (κ2) is 18.8. The Bertz CT molecular complexity index is 2230. The van der Waals surface area contributed by atoms with Crippen LogP contribution in [0.1, 0.15) is 65.2 Å². The first-order valence-electron chi connectivity index (χ1n) is 19.7. The molecule has 6 atom stereocenters. The molecule has 2 aliphatic rings. The molecule has 0 saturated carbocycles. The largest absolute Gasteiger partial charge is 0.508 e. The number of amides is 3. The number of likely N-dealkylation sites (tertiary alicyclic amines) is 1. The number of benzene rings is 5. The molecule has 2 fully saturated rings. The molecule has 4 N–H and O–H groups in total. The third kappa shape index (κ3) is 10.2. The summed E-state index contributed by atoms with van der Waals surface area (Å²) in [5, 5.41) is 33.1. The number of rotatable bonds is 14. The molecule has 12 nitrogen and oxygen atoms in total. The van der Waals surface area contributed by atoms with Gasteiger partial charge in [-0.25, -0.2) is 4.79 Å². The zero-order chi connectivity index (χ0) is 41.5. The van der Waals surface area contributed by atoms with E-state index >= 15 is 0 Å². The van der Waals surface area contributed by atoms with Crippen molar-refractivity contribution in [2.45, 2.75) is 63.7 Å². The minimum atomic E-state index is -1.01. The first-order chi connectivity index (χ1) is 28.5. The van der Waals surface area contributed by atoms with E-state index in [0.29, 0.717) is 18.7 Å². The van der Waals surface area contributed by atoms with E-state index in [1.807, 2.05) is 115 Å². The molecule has 59 heavy (non-hydrogen) atoms. The minimum Gasteiger partial charge on any atom is -0.508 e. The molecule has 0 aromatic heterocycles. The number of phenols is 1. The molecule has 5 aromatic carbocycles. The van der Waals surface area contributed by atoms with E-state index in [1.165, 1.54) is 0 Å². The fourth-order valence-electron chi connectivity index (χ4n) is 7.61. The first kappa shape index (κ1) is 41.3. The number of aliphatic hydroxyl groups excluding tert-OH is 2. The number of aliphatic hydroxyl groups is 2. The summed E-state index contributed by atoms with van der Waals surface area (Å²) in [6, 6.07) is 38.0. The van der Waals surface area contributed by atoms with Gasteiger partial charge in [-0.15, -0.1) is 0 Å².